The van der Waals surface area contributed by atoms with Crippen molar-refractivity contribution in [1.82, 2.24) is 15.1 Å². The molecular formula is C26H29N3O2S. The average Bonchev–Trinajstić information content (AvgIpc) is 3.51. The molecule has 2 aliphatic heterocycles. The summed E-state index contributed by atoms with van der Waals surface area (Å²) in [5, 5.41) is 5.32. The first-order chi connectivity index (χ1) is 15.7. The maximum Gasteiger partial charge on any atom is 0.234 e. The van der Waals surface area contributed by atoms with Crippen LogP contribution in [0.4, 0.5) is 0 Å². The van der Waals surface area contributed by atoms with Crippen LogP contribution in [0, 0.1) is 0 Å². The van der Waals surface area contributed by atoms with Gasteiger partial charge in [0.05, 0.1) is 19.2 Å². The second kappa shape index (κ2) is 9.86. The first-order valence-electron chi connectivity index (χ1n) is 11.3. The minimum atomic E-state index is -0.0891. The van der Waals surface area contributed by atoms with Crippen LogP contribution in [-0.2, 0) is 17.8 Å². The van der Waals surface area contributed by atoms with E-state index in [1.807, 2.05) is 24.3 Å². The van der Waals surface area contributed by atoms with E-state index >= 15 is 0 Å². The van der Waals surface area contributed by atoms with Crippen molar-refractivity contribution in [3.8, 4) is 5.75 Å². The number of amides is 1. The zero-order chi connectivity index (χ0) is 21.8. The van der Waals surface area contributed by atoms with Crippen molar-refractivity contribution in [2.75, 3.05) is 39.3 Å². The van der Waals surface area contributed by atoms with Gasteiger partial charge in [-0.2, -0.15) is 0 Å². The Morgan fingerprint density at radius 3 is 2.59 bits per heavy atom. The summed E-state index contributed by atoms with van der Waals surface area (Å²) in [5.74, 6) is 1.13. The molecule has 0 bridgehead atoms. The van der Waals surface area contributed by atoms with Gasteiger partial charge in [0.25, 0.3) is 0 Å². The van der Waals surface area contributed by atoms with E-state index < -0.39 is 0 Å². The summed E-state index contributed by atoms with van der Waals surface area (Å²) >= 11 is 1.68. The van der Waals surface area contributed by atoms with E-state index in [1.165, 1.54) is 11.1 Å². The lowest BCUT2D eigenvalue weighted by atomic mass is 10.1. The molecule has 0 unspecified atom stereocenters. The number of fused-ring (bicyclic) bond motifs is 1. The molecule has 0 aliphatic carbocycles. The average molecular weight is 448 g/mol. The molecule has 3 aromatic rings. The normalized spacial score (nSPS) is 17.5. The summed E-state index contributed by atoms with van der Waals surface area (Å²) in [6, 6.07) is 20.8. The molecule has 3 heterocycles. The molecule has 2 aromatic carbocycles. The van der Waals surface area contributed by atoms with E-state index in [1.54, 1.807) is 11.3 Å². The maximum absolute atomic E-state index is 12.9. The van der Waals surface area contributed by atoms with Crippen LogP contribution in [0.2, 0.25) is 0 Å². The van der Waals surface area contributed by atoms with E-state index in [0.29, 0.717) is 6.54 Å². The van der Waals surface area contributed by atoms with Crippen molar-refractivity contribution in [2.45, 2.75) is 19.0 Å². The Morgan fingerprint density at radius 1 is 1.00 bits per heavy atom. The summed E-state index contributed by atoms with van der Waals surface area (Å²) in [6.07, 6.45) is 1.02. The number of carbonyl (C=O) groups excluding carboxylic acids is 1. The van der Waals surface area contributed by atoms with Gasteiger partial charge in [0.2, 0.25) is 5.91 Å². The number of nitrogens with one attached hydrogen (secondary N) is 1. The van der Waals surface area contributed by atoms with Crippen LogP contribution in [0.3, 0.4) is 0 Å². The van der Waals surface area contributed by atoms with Gasteiger partial charge in [-0.1, -0.05) is 48.5 Å². The van der Waals surface area contributed by atoms with Crippen LogP contribution >= 0.6 is 11.3 Å². The zero-order valence-electron chi connectivity index (χ0n) is 18.2. The van der Waals surface area contributed by atoms with Gasteiger partial charge in [-0.3, -0.25) is 14.6 Å². The van der Waals surface area contributed by atoms with Crippen LogP contribution in [0.1, 0.15) is 27.6 Å². The second-order valence-electron chi connectivity index (χ2n) is 8.52. The largest absolute Gasteiger partial charge is 0.493 e. The smallest absolute Gasteiger partial charge is 0.234 e. The van der Waals surface area contributed by atoms with Crippen LogP contribution < -0.4 is 10.1 Å². The highest BCUT2D eigenvalue weighted by atomic mass is 32.1. The van der Waals surface area contributed by atoms with Crippen molar-refractivity contribution >= 4 is 17.2 Å². The number of rotatable bonds is 7. The molecule has 1 fully saturated rings. The van der Waals surface area contributed by atoms with Gasteiger partial charge in [-0.05, 0) is 34.2 Å². The Kier molecular flexibility index (Phi) is 6.53. The van der Waals surface area contributed by atoms with Crippen LogP contribution in [0.25, 0.3) is 0 Å². The standard InChI is InChI=1S/C26H29N3O2S/c30-25(27-26(24-7-4-16-32-24)21-5-2-1-3-6-21)19-29-13-11-28(12-14-29)18-20-8-9-23-22(17-20)10-15-31-23/h1-9,16-17,26H,10-15,18-19H2,(H,27,30)/t26-/m1/s1. The second-order valence-corrected chi connectivity index (χ2v) is 9.50. The monoisotopic (exact) mass is 447 g/mol. The fourth-order valence-electron chi connectivity index (χ4n) is 4.53. The fraction of sp³-hybridized carbons (Fsp3) is 0.346. The van der Waals surface area contributed by atoms with Gasteiger partial charge >= 0.3 is 0 Å². The molecule has 5 rings (SSSR count). The van der Waals surface area contributed by atoms with E-state index in [9.17, 15) is 4.79 Å². The first-order valence-corrected chi connectivity index (χ1v) is 12.2. The highest BCUT2D eigenvalue weighted by molar-refractivity contribution is 7.10. The molecule has 32 heavy (non-hydrogen) atoms. The third-order valence-electron chi connectivity index (χ3n) is 6.26. The van der Waals surface area contributed by atoms with Gasteiger partial charge in [0, 0.05) is 44.0 Å². The number of carbonyl (C=O) groups is 1. The first kappa shape index (κ1) is 21.2. The maximum atomic E-state index is 12.9. The number of hydrogen-bond acceptors (Lipinski definition) is 5. The predicted molar refractivity (Wildman–Crippen MR) is 128 cm³/mol. The van der Waals surface area contributed by atoms with Crippen LogP contribution in [0.5, 0.6) is 5.75 Å². The Balaban J connectivity index is 1.13. The van der Waals surface area contributed by atoms with Crippen molar-refractivity contribution in [2.24, 2.45) is 0 Å². The fourth-order valence-corrected chi connectivity index (χ4v) is 5.33. The van der Waals surface area contributed by atoms with E-state index in [4.69, 9.17) is 4.74 Å². The topological polar surface area (TPSA) is 44.8 Å². The summed E-state index contributed by atoms with van der Waals surface area (Å²) < 4.78 is 5.62. The molecular weight excluding hydrogens is 418 g/mol. The summed E-state index contributed by atoms with van der Waals surface area (Å²) in [7, 11) is 0. The third-order valence-corrected chi connectivity index (χ3v) is 7.20. The Bertz CT molecular complexity index is 1030. The molecule has 1 atom stereocenters. The SMILES string of the molecule is O=C(CN1CCN(Cc2ccc3c(c2)CCO3)CC1)N[C@H](c1ccccc1)c1cccs1. The molecule has 0 saturated carbocycles. The third kappa shape index (κ3) is 5.04. The Morgan fingerprint density at radius 2 is 1.81 bits per heavy atom. The molecule has 0 spiro atoms. The summed E-state index contributed by atoms with van der Waals surface area (Å²) in [5.41, 5.74) is 3.80. The highest BCUT2D eigenvalue weighted by Gasteiger charge is 2.22. The molecule has 1 N–H and O–H groups in total. The predicted octanol–water partition coefficient (Wildman–Crippen LogP) is 3.71. The number of hydrogen-bond donors (Lipinski definition) is 1. The zero-order valence-corrected chi connectivity index (χ0v) is 19.0. The molecule has 2 aliphatic rings. The number of thiophene rings is 1. The minimum absolute atomic E-state index is 0.0827. The Hall–Kier alpha value is -2.67. The van der Waals surface area contributed by atoms with Gasteiger partial charge in [-0.25, -0.2) is 0 Å². The molecule has 0 radical (unpaired) electrons. The van der Waals surface area contributed by atoms with Gasteiger partial charge < -0.3 is 10.1 Å². The lowest BCUT2D eigenvalue weighted by molar-refractivity contribution is -0.123. The number of nitrogens with zero attached hydrogens (tertiary/aromatic N) is 2. The number of piperazine rings is 1. The minimum Gasteiger partial charge on any atom is -0.493 e. The lowest BCUT2D eigenvalue weighted by Crippen LogP contribution is -2.49. The van der Waals surface area contributed by atoms with E-state index in [0.717, 1.165) is 61.9 Å². The van der Waals surface area contributed by atoms with E-state index in [2.05, 4.69) is 56.9 Å². The molecule has 1 aromatic heterocycles. The summed E-state index contributed by atoms with van der Waals surface area (Å²) in [4.78, 5) is 18.8. The van der Waals surface area contributed by atoms with Gasteiger partial charge in [0.15, 0.2) is 0 Å². The van der Waals surface area contributed by atoms with Crippen LogP contribution in [0.15, 0.2) is 66.0 Å². The molecule has 5 nitrogen and oxygen atoms in total. The molecule has 166 valence electrons. The van der Waals surface area contributed by atoms with Gasteiger partial charge in [-0.15, -0.1) is 11.3 Å². The quantitative estimate of drug-likeness (QED) is 0.600. The molecule has 6 heteroatoms. The molecule has 1 saturated heterocycles. The van der Waals surface area contributed by atoms with Crippen molar-refractivity contribution < 1.29 is 9.53 Å². The van der Waals surface area contributed by atoms with Crippen LogP contribution in [-0.4, -0.2) is 55.0 Å². The van der Waals surface area contributed by atoms with Crippen molar-refractivity contribution in [3.05, 3.63) is 87.6 Å². The molecule has 1 amide bonds. The number of ether oxygens (including phenoxy) is 1. The highest BCUT2D eigenvalue weighted by Crippen LogP contribution is 2.27. The number of benzene rings is 2. The lowest BCUT2D eigenvalue weighted by Gasteiger charge is -2.34. The van der Waals surface area contributed by atoms with E-state index in [-0.39, 0.29) is 11.9 Å². The van der Waals surface area contributed by atoms with Crippen molar-refractivity contribution in [1.29, 1.82) is 0 Å². The Labute approximate surface area is 193 Å². The summed E-state index contributed by atoms with van der Waals surface area (Å²) in [6.45, 7) is 5.99. The van der Waals surface area contributed by atoms with Crippen molar-refractivity contribution in [3.63, 3.8) is 0 Å². The van der Waals surface area contributed by atoms with Gasteiger partial charge in [0.1, 0.15) is 5.75 Å².